The van der Waals surface area contributed by atoms with E-state index in [0.717, 1.165) is 19.4 Å². The van der Waals surface area contributed by atoms with Crippen LogP contribution in [0.1, 0.15) is 30.1 Å². The summed E-state index contributed by atoms with van der Waals surface area (Å²) in [4.78, 5) is 14.3. The van der Waals surface area contributed by atoms with Gasteiger partial charge in [0.05, 0.1) is 19.2 Å². The monoisotopic (exact) mass is 251 g/mol. The van der Waals surface area contributed by atoms with Crippen LogP contribution in [0.2, 0.25) is 0 Å². The van der Waals surface area contributed by atoms with Gasteiger partial charge in [-0.15, -0.1) is 0 Å². The number of ether oxygens (including phenoxy) is 1. The molecule has 1 aliphatic rings. The molecule has 1 aliphatic heterocycles. The van der Waals surface area contributed by atoms with Gasteiger partial charge in [-0.1, -0.05) is 0 Å². The van der Waals surface area contributed by atoms with Crippen molar-refractivity contribution in [2.24, 2.45) is 0 Å². The van der Waals surface area contributed by atoms with Crippen LogP contribution in [0.25, 0.3) is 0 Å². The van der Waals surface area contributed by atoms with Crippen molar-refractivity contribution in [1.29, 1.82) is 0 Å². The molecule has 3 nitrogen and oxygen atoms in total. The van der Waals surface area contributed by atoms with E-state index >= 15 is 0 Å². The quantitative estimate of drug-likeness (QED) is 0.770. The van der Waals surface area contributed by atoms with Crippen molar-refractivity contribution < 1.29 is 13.9 Å². The van der Waals surface area contributed by atoms with Crippen molar-refractivity contribution in [1.82, 2.24) is 4.90 Å². The Balaban J connectivity index is 2.15. The van der Waals surface area contributed by atoms with Crippen molar-refractivity contribution in [3.05, 3.63) is 29.6 Å². The largest absolute Gasteiger partial charge is 0.496 e. The van der Waals surface area contributed by atoms with E-state index in [2.05, 4.69) is 11.8 Å². The topological polar surface area (TPSA) is 29.5 Å². The Morgan fingerprint density at radius 1 is 1.56 bits per heavy atom. The van der Waals surface area contributed by atoms with E-state index in [1.54, 1.807) is 0 Å². The summed E-state index contributed by atoms with van der Waals surface area (Å²) >= 11 is 0. The van der Waals surface area contributed by atoms with E-state index in [9.17, 15) is 9.18 Å². The highest BCUT2D eigenvalue weighted by Gasteiger charge is 2.24. The lowest BCUT2D eigenvalue weighted by molar-refractivity contribution is 0.0923. The number of benzene rings is 1. The summed E-state index contributed by atoms with van der Waals surface area (Å²) in [6.45, 7) is 3.38. The molecule has 4 heteroatoms. The van der Waals surface area contributed by atoms with Crippen molar-refractivity contribution >= 4 is 5.78 Å². The fourth-order valence-electron chi connectivity index (χ4n) is 2.40. The number of methoxy groups -OCH3 is 1. The van der Waals surface area contributed by atoms with Crippen LogP contribution in [0.5, 0.6) is 5.75 Å². The SMILES string of the molecule is COc1ccc(F)cc1C(=O)CN1CCCC1C. The number of carbonyl (C=O) groups excluding carboxylic acids is 1. The van der Waals surface area contributed by atoms with Crippen molar-refractivity contribution in [3.8, 4) is 5.75 Å². The second-order valence-electron chi connectivity index (χ2n) is 4.73. The Morgan fingerprint density at radius 2 is 2.33 bits per heavy atom. The maximum absolute atomic E-state index is 13.2. The van der Waals surface area contributed by atoms with Crippen LogP contribution in [0, 0.1) is 5.82 Å². The summed E-state index contributed by atoms with van der Waals surface area (Å²) in [6, 6.07) is 4.47. The predicted octanol–water partition coefficient (Wildman–Crippen LogP) is 2.50. The molecule has 0 bridgehead atoms. The number of likely N-dealkylation sites (tertiary alicyclic amines) is 1. The van der Waals surface area contributed by atoms with Crippen LogP contribution >= 0.6 is 0 Å². The molecule has 0 aromatic heterocycles. The third-order valence-corrected chi connectivity index (χ3v) is 3.50. The molecule has 0 spiro atoms. The zero-order valence-corrected chi connectivity index (χ0v) is 10.8. The van der Waals surface area contributed by atoms with Crippen LogP contribution in [-0.4, -0.2) is 36.9 Å². The number of rotatable bonds is 4. The first kappa shape index (κ1) is 13.0. The Kier molecular flexibility index (Phi) is 3.97. The number of ketones is 1. The third kappa shape index (κ3) is 2.70. The number of hydrogen-bond acceptors (Lipinski definition) is 3. The van der Waals surface area contributed by atoms with Gasteiger partial charge in [0.25, 0.3) is 0 Å². The molecular formula is C14H18FNO2. The molecule has 1 unspecified atom stereocenters. The minimum Gasteiger partial charge on any atom is -0.496 e. The number of halogens is 1. The average molecular weight is 251 g/mol. The minimum absolute atomic E-state index is 0.0832. The highest BCUT2D eigenvalue weighted by molar-refractivity contribution is 6.00. The fraction of sp³-hybridized carbons (Fsp3) is 0.500. The Morgan fingerprint density at radius 3 is 2.94 bits per heavy atom. The molecule has 1 fully saturated rings. The molecule has 0 aliphatic carbocycles. The normalized spacial score (nSPS) is 20.1. The Labute approximate surface area is 107 Å². The van der Waals surface area contributed by atoms with Crippen LogP contribution in [0.15, 0.2) is 18.2 Å². The first-order chi connectivity index (χ1) is 8.61. The summed E-state index contributed by atoms with van der Waals surface area (Å²) in [5, 5.41) is 0. The molecule has 1 aromatic rings. The molecule has 1 atom stereocenters. The zero-order valence-electron chi connectivity index (χ0n) is 10.8. The molecule has 0 amide bonds. The van der Waals surface area contributed by atoms with E-state index < -0.39 is 5.82 Å². The first-order valence-corrected chi connectivity index (χ1v) is 6.22. The van der Waals surface area contributed by atoms with Crippen LogP contribution in [-0.2, 0) is 0 Å². The number of hydrogen-bond donors (Lipinski definition) is 0. The second-order valence-corrected chi connectivity index (χ2v) is 4.73. The van der Waals surface area contributed by atoms with Crippen molar-refractivity contribution in [3.63, 3.8) is 0 Å². The van der Waals surface area contributed by atoms with Crippen molar-refractivity contribution in [2.75, 3.05) is 20.2 Å². The summed E-state index contributed by atoms with van der Waals surface area (Å²) < 4.78 is 18.3. The van der Waals surface area contributed by atoms with Gasteiger partial charge in [0, 0.05) is 6.04 Å². The molecule has 0 radical (unpaired) electrons. The second kappa shape index (κ2) is 5.48. The number of carbonyl (C=O) groups is 1. The van der Waals surface area contributed by atoms with Gasteiger partial charge in [0.15, 0.2) is 5.78 Å². The molecule has 1 aromatic carbocycles. The Bertz CT molecular complexity index is 447. The molecular weight excluding hydrogens is 233 g/mol. The van der Waals surface area contributed by atoms with Gasteiger partial charge >= 0.3 is 0 Å². The van der Waals surface area contributed by atoms with Crippen LogP contribution in [0.4, 0.5) is 4.39 Å². The molecule has 0 saturated carbocycles. The molecule has 1 saturated heterocycles. The summed E-state index contributed by atoms with van der Waals surface area (Å²) in [5.41, 5.74) is 0.330. The van der Waals surface area contributed by atoms with E-state index in [4.69, 9.17) is 4.74 Å². The molecule has 2 rings (SSSR count). The molecule has 1 heterocycles. The van der Waals surface area contributed by atoms with E-state index in [1.807, 2.05) is 0 Å². The van der Waals surface area contributed by atoms with Gasteiger partial charge < -0.3 is 4.74 Å². The smallest absolute Gasteiger partial charge is 0.180 e. The van der Waals surface area contributed by atoms with E-state index in [0.29, 0.717) is 23.9 Å². The van der Waals surface area contributed by atoms with Crippen LogP contribution in [0.3, 0.4) is 0 Å². The van der Waals surface area contributed by atoms with Gasteiger partial charge in [0.2, 0.25) is 0 Å². The summed E-state index contributed by atoms with van der Waals surface area (Å²) in [7, 11) is 1.49. The average Bonchev–Trinajstić information content (AvgIpc) is 2.75. The summed E-state index contributed by atoms with van der Waals surface area (Å²) in [6.07, 6.45) is 2.24. The highest BCUT2D eigenvalue weighted by Crippen LogP contribution is 2.22. The van der Waals surface area contributed by atoms with Gasteiger partial charge in [-0.3, -0.25) is 9.69 Å². The Hall–Kier alpha value is -1.42. The van der Waals surface area contributed by atoms with Crippen LogP contribution < -0.4 is 4.74 Å². The number of nitrogens with zero attached hydrogens (tertiary/aromatic N) is 1. The van der Waals surface area contributed by atoms with Gasteiger partial charge in [-0.2, -0.15) is 0 Å². The molecule has 18 heavy (non-hydrogen) atoms. The third-order valence-electron chi connectivity index (χ3n) is 3.50. The lowest BCUT2D eigenvalue weighted by atomic mass is 10.1. The first-order valence-electron chi connectivity index (χ1n) is 6.22. The van der Waals surface area contributed by atoms with E-state index in [1.165, 1.54) is 25.3 Å². The van der Waals surface area contributed by atoms with Gasteiger partial charge in [0.1, 0.15) is 11.6 Å². The summed E-state index contributed by atoms with van der Waals surface area (Å²) in [5.74, 6) is -0.0537. The van der Waals surface area contributed by atoms with Crippen molar-refractivity contribution in [2.45, 2.75) is 25.8 Å². The zero-order chi connectivity index (χ0) is 13.1. The maximum atomic E-state index is 13.2. The van der Waals surface area contributed by atoms with Gasteiger partial charge in [-0.05, 0) is 44.5 Å². The lowest BCUT2D eigenvalue weighted by Gasteiger charge is -2.20. The minimum atomic E-state index is -0.409. The number of Topliss-reactive ketones (excluding diaryl/α,β-unsaturated/α-hetero) is 1. The lowest BCUT2D eigenvalue weighted by Crippen LogP contribution is -2.32. The maximum Gasteiger partial charge on any atom is 0.180 e. The fourth-order valence-corrected chi connectivity index (χ4v) is 2.40. The standard InChI is InChI=1S/C14H18FNO2/c1-10-4-3-7-16(10)9-13(17)12-8-11(15)5-6-14(12)18-2/h5-6,8,10H,3-4,7,9H2,1-2H3. The highest BCUT2D eigenvalue weighted by atomic mass is 19.1. The molecule has 0 N–H and O–H groups in total. The van der Waals surface area contributed by atoms with Gasteiger partial charge in [-0.25, -0.2) is 4.39 Å². The molecule has 98 valence electrons. The van der Waals surface area contributed by atoms with E-state index in [-0.39, 0.29) is 5.78 Å². The predicted molar refractivity (Wildman–Crippen MR) is 67.6 cm³/mol.